The summed E-state index contributed by atoms with van der Waals surface area (Å²) in [4.78, 5) is 22.3. The number of ether oxygens (including phenoxy) is 1. The second-order valence-electron chi connectivity index (χ2n) is 6.32. The summed E-state index contributed by atoms with van der Waals surface area (Å²) in [5.74, 6) is 0.517. The van der Waals surface area contributed by atoms with E-state index in [1.165, 1.54) is 0 Å². The summed E-state index contributed by atoms with van der Waals surface area (Å²) in [7, 11) is 1.63. The molecule has 0 bridgehead atoms. The third-order valence-electron chi connectivity index (χ3n) is 4.56. The molecule has 1 saturated heterocycles. The maximum absolute atomic E-state index is 12.9. The molecule has 0 unspecified atom stereocenters. The number of hydrogen-bond acceptors (Lipinski definition) is 4. The average Bonchev–Trinajstić information content (AvgIpc) is 3.17. The first-order valence-corrected chi connectivity index (χ1v) is 8.11. The molecule has 1 aliphatic heterocycles. The Kier molecular flexibility index (Phi) is 4.69. The number of aliphatic hydroxyl groups excluding tert-OH is 1. The minimum absolute atomic E-state index is 0.0402. The number of imidazole rings is 1. The monoisotopic (exact) mass is 329 g/mol. The number of likely N-dealkylation sites (tertiary alicyclic amines) is 1. The van der Waals surface area contributed by atoms with Crippen molar-refractivity contribution in [3.63, 3.8) is 0 Å². The van der Waals surface area contributed by atoms with E-state index in [2.05, 4.69) is 9.97 Å². The summed E-state index contributed by atoms with van der Waals surface area (Å²) in [6.45, 7) is 4.27. The number of rotatable bonds is 4. The summed E-state index contributed by atoms with van der Waals surface area (Å²) in [6.07, 6.45) is 0.606. The number of amides is 1. The van der Waals surface area contributed by atoms with E-state index >= 15 is 0 Å². The summed E-state index contributed by atoms with van der Waals surface area (Å²) < 4.78 is 5.34. The normalized spacial score (nSPS) is 20.6. The number of benzene rings is 1. The Morgan fingerprint density at radius 2 is 2.25 bits per heavy atom. The Labute approximate surface area is 141 Å². The molecule has 0 radical (unpaired) electrons. The first-order valence-electron chi connectivity index (χ1n) is 8.11. The zero-order valence-corrected chi connectivity index (χ0v) is 14.2. The Hall–Kier alpha value is -2.18. The SMILES string of the molecule is CO[C@@H]1C[C@@H](CO)N(C(=O)c2nc(-c3cccc(C)c3)[nH]c2C)C1. The van der Waals surface area contributed by atoms with E-state index in [9.17, 15) is 9.90 Å². The van der Waals surface area contributed by atoms with Crippen LogP contribution in [0.3, 0.4) is 0 Å². The molecule has 24 heavy (non-hydrogen) atoms. The van der Waals surface area contributed by atoms with Crippen LogP contribution in [0, 0.1) is 13.8 Å². The van der Waals surface area contributed by atoms with Gasteiger partial charge >= 0.3 is 0 Å². The van der Waals surface area contributed by atoms with Crippen molar-refractivity contribution in [3.8, 4) is 11.4 Å². The van der Waals surface area contributed by atoms with E-state index in [1.54, 1.807) is 12.0 Å². The van der Waals surface area contributed by atoms with Crippen LogP contribution in [-0.2, 0) is 4.74 Å². The molecule has 2 atom stereocenters. The Balaban J connectivity index is 1.88. The number of hydrogen-bond donors (Lipinski definition) is 2. The van der Waals surface area contributed by atoms with Gasteiger partial charge in [0, 0.05) is 24.9 Å². The molecule has 1 amide bonds. The Morgan fingerprint density at radius 1 is 1.46 bits per heavy atom. The largest absolute Gasteiger partial charge is 0.394 e. The molecule has 1 aromatic carbocycles. The van der Waals surface area contributed by atoms with Crippen molar-refractivity contribution < 1.29 is 14.6 Å². The van der Waals surface area contributed by atoms with Gasteiger partial charge in [-0.25, -0.2) is 4.98 Å². The van der Waals surface area contributed by atoms with Crippen molar-refractivity contribution >= 4 is 5.91 Å². The lowest BCUT2D eigenvalue weighted by atomic mass is 10.1. The summed E-state index contributed by atoms with van der Waals surface area (Å²) in [5.41, 5.74) is 3.22. The molecule has 6 heteroatoms. The van der Waals surface area contributed by atoms with Gasteiger partial charge in [-0.1, -0.05) is 23.8 Å². The Bertz CT molecular complexity index is 741. The van der Waals surface area contributed by atoms with Gasteiger partial charge in [0.2, 0.25) is 0 Å². The zero-order chi connectivity index (χ0) is 17.3. The molecule has 3 rings (SSSR count). The molecule has 128 valence electrons. The molecular weight excluding hydrogens is 306 g/mol. The number of aliphatic hydroxyl groups is 1. The third-order valence-corrected chi connectivity index (χ3v) is 4.56. The number of carbonyl (C=O) groups excluding carboxylic acids is 1. The predicted octanol–water partition coefficient (Wildman–Crippen LogP) is 1.92. The molecule has 6 nitrogen and oxygen atoms in total. The van der Waals surface area contributed by atoms with Crippen LogP contribution in [0.5, 0.6) is 0 Å². The molecule has 2 aromatic rings. The van der Waals surface area contributed by atoms with Crippen LogP contribution in [0.25, 0.3) is 11.4 Å². The third kappa shape index (κ3) is 3.07. The van der Waals surface area contributed by atoms with Crippen molar-refractivity contribution in [1.82, 2.24) is 14.9 Å². The number of nitrogens with one attached hydrogen (secondary N) is 1. The molecule has 1 aromatic heterocycles. The number of aromatic amines is 1. The Morgan fingerprint density at radius 3 is 2.92 bits per heavy atom. The second-order valence-corrected chi connectivity index (χ2v) is 6.32. The van der Waals surface area contributed by atoms with Crippen LogP contribution in [0.2, 0.25) is 0 Å². The first kappa shape index (κ1) is 16.7. The van der Waals surface area contributed by atoms with Crippen molar-refractivity contribution in [2.45, 2.75) is 32.4 Å². The van der Waals surface area contributed by atoms with Crippen LogP contribution in [0.4, 0.5) is 0 Å². The van der Waals surface area contributed by atoms with Crippen LogP contribution in [0.15, 0.2) is 24.3 Å². The number of H-pyrrole nitrogens is 1. The van der Waals surface area contributed by atoms with Gasteiger partial charge in [-0.15, -0.1) is 0 Å². The van der Waals surface area contributed by atoms with Gasteiger partial charge in [-0.3, -0.25) is 4.79 Å². The van der Waals surface area contributed by atoms with Crippen molar-refractivity contribution in [2.24, 2.45) is 0 Å². The number of aromatic nitrogens is 2. The smallest absolute Gasteiger partial charge is 0.274 e. The van der Waals surface area contributed by atoms with Gasteiger partial charge in [0.05, 0.1) is 18.8 Å². The van der Waals surface area contributed by atoms with Crippen molar-refractivity contribution in [1.29, 1.82) is 0 Å². The maximum atomic E-state index is 12.9. The highest BCUT2D eigenvalue weighted by Gasteiger charge is 2.36. The van der Waals surface area contributed by atoms with Crippen LogP contribution >= 0.6 is 0 Å². The minimum Gasteiger partial charge on any atom is -0.394 e. The molecule has 0 aliphatic carbocycles. The second kappa shape index (κ2) is 6.75. The van der Waals surface area contributed by atoms with E-state index < -0.39 is 0 Å². The fraction of sp³-hybridized carbons (Fsp3) is 0.444. The molecule has 1 fully saturated rings. The minimum atomic E-state index is -0.221. The van der Waals surface area contributed by atoms with E-state index in [-0.39, 0.29) is 24.7 Å². The predicted molar refractivity (Wildman–Crippen MR) is 90.8 cm³/mol. The van der Waals surface area contributed by atoms with Gasteiger partial charge in [-0.05, 0) is 26.3 Å². The molecule has 1 aliphatic rings. The summed E-state index contributed by atoms with van der Waals surface area (Å²) >= 11 is 0. The zero-order valence-electron chi connectivity index (χ0n) is 14.2. The highest BCUT2D eigenvalue weighted by molar-refractivity contribution is 5.94. The van der Waals surface area contributed by atoms with Crippen molar-refractivity contribution in [2.75, 3.05) is 20.3 Å². The number of aryl methyl sites for hydroxylation is 2. The van der Waals surface area contributed by atoms with Gasteiger partial charge in [0.1, 0.15) is 11.5 Å². The van der Waals surface area contributed by atoms with Crippen LogP contribution < -0.4 is 0 Å². The number of methoxy groups -OCH3 is 1. The molecule has 0 saturated carbocycles. The van der Waals surface area contributed by atoms with Gasteiger partial charge in [0.15, 0.2) is 0 Å². The molecule has 2 N–H and O–H groups in total. The van der Waals surface area contributed by atoms with Crippen LogP contribution in [-0.4, -0.2) is 58.3 Å². The lowest BCUT2D eigenvalue weighted by molar-refractivity contribution is 0.0642. The maximum Gasteiger partial charge on any atom is 0.274 e. The standard InChI is InChI=1S/C18H23N3O3/c1-11-5-4-6-13(7-11)17-19-12(2)16(20-17)18(23)21-9-15(24-3)8-14(21)10-22/h4-7,14-15,22H,8-10H2,1-3H3,(H,19,20)/t14-,15+/m0/s1. The lowest BCUT2D eigenvalue weighted by Gasteiger charge is -2.21. The molecule has 2 heterocycles. The fourth-order valence-electron chi connectivity index (χ4n) is 3.20. The highest BCUT2D eigenvalue weighted by atomic mass is 16.5. The van der Waals surface area contributed by atoms with E-state index in [1.807, 2.05) is 38.1 Å². The van der Waals surface area contributed by atoms with E-state index in [0.29, 0.717) is 24.5 Å². The first-order chi connectivity index (χ1) is 11.5. The summed E-state index contributed by atoms with van der Waals surface area (Å²) in [6, 6.07) is 7.76. The topological polar surface area (TPSA) is 78.5 Å². The summed E-state index contributed by atoms with van der Waals surface area (Å²) in [5, 5.41) is 9.55. The van der Waals surface area contributed by atoms with E-state index in [0.717, 1.165) is 16.8 Å². The fourth-order valence-corrected chi connectivity index (χ4v) is 3.20. The molecule has 0 spiro atoms. The van der Waals surface area contributed by atoms with Gasteiger partial charge in [0.25, 0.3) is 5.91 Å². The van der Waals surface area contributed by atoms with Gasteiger partial charge in [-0.2, -0.15) is 0 Å². The lowest BCUT2D eigenvalue weighted by Crippen LogP contribution is -2.38. The van der Waals surface area contributed by atoms with E-state index in [4.69, 9.17) is 4.74 Å². The molecular formula is C18H23N3O3. The average molecular weight is 329 g/mol. The highest BCUT2D eigenvalue weighted by Crippen LogP contribution is 2.24. The number of carbonyl (C=O) groups is 1. The quantitative estimate of drug-likeness (QED) is 0.898. The van der Waals surface area contributed by atoms with Crippen LogP contribution in [0.1, 0.15) is 28.2 Å². The number of nitrogens with zero attached hydrogens (tertiary/aromatic N) is 2. The van der Waals surface area contributed by atoms with Gasteiger partial charge < -0.3 is 19.7 Å². The van der Waals surface area contributed by atoms with Crippen molar-refractivity contribution in [3.05, 3.63) is 41.2 Å².